The zero-order chi connectivity index (χ0) is 35.6. The number of carbonyl (C=O) groups is 2. The highest BCUT2D eigenvalue weighted by atomic mass is 31.2. The Morgan fingerprint density at radius 1 is 0.583 bits per heavy atom. The minimum absolute atomic E-state index is 0.0250. The summed E-state index contributed by atoms with van der Waals surface area (Å²) >= 11 is 0. The Bertz CT molecular complexity index is 786. The minimum Gasteiger partial charge on any atom is -0.480 e. The quantitative estimate of drug-likeness (QED) is 0.0321. The van der Waals surface area contributed by atoms with Gasteiger partial charge in [-0.1, -0.05) is 168 Å². The third kappa shape index (κ3) is 33.5. The van der Waals surface area contributed by atoms with Crippen molar-refractivity contribution >= 4 is 19.8 Å². The number of hydrogen-bond donors (Lipinski definition) is 3. The molecule has 0 aromatic carbocycles. The van der Waals surface area contributed by atoms with Crippen LogP contribution in [0.3, 0.4) is 0 Å². The van der Waals surface area contributed by atoms with Gasteiger partial charge in [-0.25, -0.2) is 4.57 Å². The molecule has 0 saturated carbocycles. The van der Waals surface area contributed by atoms with Gasteiger partial charge in [0.25, 0.3) is 0 Å². The van der Waals surface area contributed by atoms with Crippen LogP contribution in [0.4, 0.5) is 0 Å². The minimum atomic E-state index is -4.60. The first-order valence-corrected chi connectivity index (χ1v) is 21.1. The van der Waals surface area contributed by atoms with E-state index in [2.05, 4.69) is 13.8 Å². The number of esters is 1. The van der Waals surface area contributed by atoms with Crippen molar-refractivity contribution < 1.29 is 42.7 Å². The number of phosphoric acid groups is 1. The van der Waals surface area contributed by atoms with E-state index >= 15 is 0 Å². The Morgan fingerprint density at radius 3 is 1.38 bits per heavy atom. The number of unbranched alkanes of at least 4 members (excludes halogenated alkanes) is 24. The molecule has 0 saturated heterocycles. The van der Waals surface area contributed by atoms with Crippen LogP contribution in [0.5, 0.6) is 0 Å². The fraction of sp³-hybridized carbons (Fsp3) is 0.946. The van der Waals surface area contributed by atoms with Gasteiger partial charge in [0.05, 0.1) is 19.8 Å². The van der Waals surface area contributed by atoms with Crippen molar-refractivity contribution in [3.05, 3.63) is 0 Å². The van der Waals surface area contributed by atoms with Crippen LogP contribution >= 0.6 is 7.82 Å². The highest BCUT2D eigenvalue weighted by Gasteiger charge is 2.27. The molecule has 286 valence electrons. The lowest BCUT2D eigenvalue weighted by atomic mass is 10.0. The number of hydrogen-bond acceptors (Lipinski definition) is 8. The first-order valence-electron chi connectivity index (χ1n) is 19.6. The smallest absolute Gasteiger partial charge is 0.472 e. The molecule has 11 heteroatoms. The lowest BCUT2D eigenvalue weighted by Crippen LogP contribution is -2.34. The van der Waals surface area contributed by atoms with Crippen LogP contribution in [0.2, 0.25) is 0 Å². The Kier molecular flexibility index (Phi) is 33.7. The first-order chi connectivity index (χ1) is 23.2. The molecule has 10 nitrogen and oxygen atoms in total. The number of nitrogens with two attached hydrogens (primary N) is 1. The van der Waals surface area contributed by atoms with Gasteiger partial charge in [0, 0.05) is 13.0 Å². The van der Waals surface area contributed by atoms with Gasteiger partial charge >= 0.3 is 19.8 Å². The number of ether oxygens (including phenoxy) is 2. The predicted molar refractivity (Wildman–Crippen MR) is 194 cm³/mol. The second kappa shape index (κ2) is 34.4. The highest BCUT2D eigenvalue weighted by molar-refractivity contribution is 7.47. The van der Waals surface area contributed by atoms with Crippen molar-refractivity contribution in [3.8, 4) is 0 Å². The molecule has 0 radical (unpaired) electrons. The fourth-order valence-corrected chi connectivity index (χ4v) is 6.32. The van der Waals surface area contributed by atoms with E-state index in [0.29, 0.717) is 6.61 Å². The van der Waals surface area contributed by atoms with E-state index in [9.17, 15) is 19.0 Å². The van der Waals surface area contributed by atoms with Crippen LogP contribution in [0.1, 0.15) is 187 Å². The first kappa shape index (κ1) is 47.0. The molecular weight excluding hydrogens is 633 g/mol. The van der Waals surface area contributed by atoms with Crippen LogP contribution in [0.15, 0.2) is 0 Å². The van der Waals surface area contributed by atoms with E-state index in [1.165, 1.54) is 128 Å². The number of carboxylic acids is 1. The van der Waals surface area contributed by atoms with E-state index in [1.807, 2.05) is 0 Å². The lowest BCUT2D eigenvalue weighted by molar-refractivity contribution is -0.154. The summed E-state index contributed by atoms with van der Waals surface area (Å²) in [6.07, 6.45) is 31.5. The molecule has 3 atom stereocenters. The Labute approximate surface area is 293 Å². The van der Waals surface area contributed by atoms with Gasteiger partial charge in [0.1, 0.15) is 12.1 Å². The second-order valence-corrected chi connectivity index (χ2v) is 14.9. The van der Waals surface area contributed by atoms with E-state index in [1.54, 1.807) is 0 Å². The van der Waals surface area contributed by atoms with Gasteiger partial charge in [0.2, 0.25) is 0 Å². The molecule has 0 bridgehead atoms. The average molecular weight is 708 g/mol. The maximum Gasteiger partial charge on any atom is 0.472 e. The summed E-state index contributed by atoms with van der Waals surface area (Å²) in [6.45, 7) is 3.89. The zero-order valence-corrected chi connectivity index (χ0v) is 31.7. The third-order valence-electron chi connectivity index (χ3n) is 8.64. The molecule has 0 aliphatic carbocycles. The molecule has 0 aliphatic heterocycles. The normalized spacial score (nSPS) is 14.1. The number of aliphatic carboxylic acids is 1. The number of carbonyl (C=O) groups excluding carboxylic acids is 1. The summed E-state index contributed by atoms with van der Waals surface area (Å²) in [7, 11) is -4.60. The molecule has 0 rings (SSSR count). The molecule has 3 unspecified atom stereocenters. The Balaban J connectivity index is 4.24. The molecule has 0 spiro atoms. The van der Waals surface area contributed by atoms with Gasteiger partial charge in [-0.05, 0) is 12.8 Å². The van der Waals surface area contributed by atoms with E-state index < -0.39 is 45.1 Å². The van der Waals surface area contributed by atoms with Crippen molar-refractivity contribution in [2.75, 3.05) is 26.4 Å². The summed E-state index contributed by atoms with van der Waals surface area (Å²) in [5.74, 6) is -1.77. The Hall–Kier alpha value is -1.03. The van der Waals surface area contributed by atoms with Crippen LogP contribution in [0, 0.1) is 0 Å². The largest absolute Gasteiger partial charge is 0.480 e. The van der Waals surface area contributed by atoms with Gasteiger partial charge in [-0.15, -0.1) is 0 Å². The zero-order valence-electron chi connectivity index (χ0n) is 30.9. The lowest BCUT2D eigenvalue weighted by Gasteiger charge is -2.20. The Morgan fingerprint density at radius 2 is 0.958 bits per heavy atom. The average Bonchev–Trinajstić information content (AvgIpc) is 3.06. The molecule has 0 aliphatic rings. The maximum absolute atomic E-state index is 12.5. The number of carboxylic acid groups (broad SMARTS) is 1. The third-order valence-corrected chi connectivity index (χ3v) is 9.59. The molecule has 4 N–H and O–H groups in total. The van der Waals surface area contributed by atoms with Crippen molar-refractivity contribution in [2.24, 2.45) is 5.73 Å². The molecule has 48 heavy (non-hydrogen) atoms. The summed E-state index contributed by atoms with van der Waals surface area (Å²) < 4.78 is 33.2. The van der Waals surface area contributed by atoms with Gasteiger partial charge < -0.3 is 25.2 Å². The monoisotopic (exact) mass is 708 g/mol. The topological polar surface area (TPSA) is 155 Å². The van der Waals surface area contributed by atoms with Gasteiger partial charge in [0.15, 0.2) is 0 Å². The predicted octanol–water partition coefficient (Wildman–Crippen LogP) is 10.0. The van der Waals surface area contributed by atoms with Crippen molar-refractivity contribution in [3.63, 3.8) is 0 Å². The number of phosphoric ester groups is 1. The number of rotatable bonds is 38. The van der Waals surface area contributed by atoms with Crippen molar-refractivity contribution in [1.29, 1.82) is 0 Å². The van der Waals surface area contributed by atoms with E-state index in [4.69, 9.17) is 29.4 Å². The fourth-order valence-electron chi connectivity index (χ4n) is 5.55. The van der Waals surface area contributed by atoms with Crippen LogP contribution < -0.4 is 5.73 Å². The molecule has 0 aromatic rings. The summed E-state index contributed by atoms with van der Waals surface area (Å²) in [6, 6.07) is -1.47. The molecular formula is C37H74NO9P. The van der Waals surface area contributed by atoms with E-state index in [-0.39, 0.29) is 13.0 Å². The molecule has 0 aromatic heterocycles. The SMILES string of the molecule is CCCCCCCCCCCCCCCCCOCC(COP(=O)(O)OCC(N)C(=O)O)OC(=O)CCCCCCCCCCCCC. The van der Waals surface area contributed by atoms with E-state index in [0.717, 1.165) is 38.5 Å². The molecule has 0 fully saturated rings. The van der Waals surface area contributed by atoms with Gasteiger partial charge in [-0.2, -0.15) is 0 Å². The summed E-state index contributed by atoms with van der Waals surface area (Å²) in [5, 5.41) is 8.86. The maximum atomic E-state index is 12.5. The van der Waals surface area contributed by atoms with Crippen molar-refractivity contribution in [1.82, 2.24) is 0 Å². The van der Waals surface area contributed by atoms with Crippen LogP contribution in [-0.4, -0.2) is 60.5 Å². The summed E-state index contributed by atoms with van der Waals surface area (Å²) in [4.78, 5) is 33.3. The molecule has 0 heterocycles. The van der Waals surface area contributed by atoms with Gasteiger partial charge in [-0.3, -0.25) is 18.6 Å². The highest BCUT2D eigenvalue weighted by Crippen LogP contribution is 2.43. The second-order valence-electron chi connectivity index (χ2n) is 13.4. The summed E-state index contributed by atoms with van der Waals surface area (Å²) in [5.41, 5.74) is 5.34. The van der Waals surface area contributed by atoms with Crippen LogP contribution in [0.25, 0.3) is 0 Å². The molecule has 0 amide bonds. The van der Waals surface area contributed by atoms with Crippen LogP contribution in [-0.2, 0) is 32.7 Å². The standard InChI is InChI=1S/C37H74NO9P/c1-3-5-7-9-11-13-15-16-17-18-20-22-24-26-28-30-44-31-34(32-45-48(42,43)46-33-35(38)37(40)41)47-36(39)29-27-25-23-21-19-14-12-10-8-6-4-2/h34-35H,3-33,38H2,1-2H3,(H,40,41)(H,42,43). The van der Waals surface area contributed by atoms with Crippen molar-refractivity contribution in [2.45, 2.75) is 199 Å².